The van der Waals surface area contributed by atoms with E-state index < -0.39 is 0 Å². The zero-order chi connectivity index (χ0) is 18.5. The third-order valence-electron chi connectivity index (χ3n) is 4.10. The maximum Gasteiger partial charge on any atom is 0.244 e. The van der Waals surface area contributed by atoms with Crippen molar-refractivity contribution >= 4 is 17.5 Å². The van der Waals surface area contributed by atoms with Gasteiger partial charge in [-0.1, -0.05) is 44.2 Å². The predicted octanol–water partition coefficient (Wildman–Crippen LogP) is 4.80. The summed E-state index contributed by atoms with van der Waals surface area (Å²) in [6.07, 6.45) is 1.60. The van der Waals surface area contributed by atoms with Crippen molar-refractivity contribution in [2.45, 2.75) is 33.2 Å². The fraction of sp³-hybridized carbons (Fsp3) is 0.250. The Bertz CT molecular complexity index is 878. The van der Waals surface area contributed by atoms with Gasteiger partial charge in [0.25, 0.3) is 0 Å². The van der Waals surface area contributed by atoms with E-state index in [2.05, 4.69) is 64.8 Å². The van der Waals surface area contributed by atoms with Gasteiger partial charge in [-0.2, -0.15) is 10.1 Å². The van der Waals surface area contributed by atoms with E-state index in [1.54, 1.807) is 18.3 Å². The van der Waals surface area contributed by atoms with Crippen LogP contribution in [-0.4, -0.2) is 15.2 Å². The van der Waals surface area contributed by atoms with Gasteiger partial charge in [0.15, 0.2) is 5.82 Å². The first-order valence-corrected chi connectivity index (χ1v) is 8.57. The van der Waals surface area contributed by atoms with E-state index in [-0.39, 0.29) is 5.82 Å². The fourth-order valence-electron chi connectivity index (χ4n) is 2.69. The van der Waals surface area contributed by atoms with Crippen LogP contribution < -0.4 is 10.6 Å². The minimum atomic E-state index is -0.253. The normalized spacial score (nSPS) is 10.8. The topological polar surface area (TPSA) is 62.7 Å². The molecule has 26 heavy (non-hydrogen) atoms. The number of hydrogen-bond donors (Lipinski definition) is 2. The molecule has 3 aromatic rings. The Hall–Kier alpha value is -3.02. The number of rotatable bonds is 6. The minimum absolute atomic E-state index is 0.253. The molecule has 134 valence electrons. The van der Waals surface area contributed by atoms with Crippen molar-refractivity contribution in [3.8, 4) is 0 Å². The summed E-state index contributed by atoms with van der Waals surface area (Å²) in [5.74, 6) is 1.18. The third-order valence-corrected chi connectivity index (χ3v) is 4.10. The van der Waals surface area contributed by atoms with E-state index in [4.69, 9.17) is 0 Å². The highest BCUT2D eigenvalue weighted by molar-refractivity contribution is 5.65. The fourth-order valence-corrected chi connectivity index (χ4v) is 2.69. The number of benzene rings is 2. The van der Waals surface area contributed by atoms with Gasteiger partial charge in [-0.25, -0.2) is 4.39 Å². The molecule has 6 heteroatoms. The number of hydrogen-bond acceptors (Lipinski definition) is 5. The van der Waals surface area contributed by atoms with Gasteiger partial charge in [0.05, 0.1) is 6.20 Å². The highest BCUT2D eigenvalue weighted by Crippen LogP contribution is 2.29. The summed E-state index contributed by atoms with van der Waals surface area (Å²) >= 11 is 0. The Morgan fingerprint density at radius 1 is 1.08 bits per heavy atom. The second-order valence-corrected chi connectivity index (χ2v) is 6.46. The zero-order valence-corrected chi connectivity index (χ0v) is 15.1. The van der Waals surface area contributed by atoms with Crippen molar-refractivity contribution in [3.05, 3.63) is 71.2 Å². The number of nitrogens with one attached hydrogen (secondary N) is 2. The summed E-state index contributed by atoms with van der Waals surface area (Å²) < 4.78 is 13.0. The number of nitrogens with zero attached hydrogens (tertiary/aromatic N) is 3. The van der Waals surface area contributed by atoms with Crippen LogP contribution in [0.2, 0.25) is 0 Å². The summed E-state index contributed by atoms with van der Waals surface area (Å²) in [6, 6.07) is 12.5. The van der Waals surface area contributed by atoms with Gasteiger partial charge in [-0.05, 0) is 41.7 Å². The summed E-state index contributed by atoms with van der Waals surface area (Å²) in [5.41, 5.74) is 4.36. The first-order valence-electron chi connectivity index (χ1n) is 8.57. The van der Waals surface area contributed by atoms with Crippen LogP contribution in [0.15, 0.2) is 48.7 Å². The van der Waals surface area contributed by atoms with Crippen LogP contribution in [0.3, 0.4) is 0 Å². The van der Waals surface area contributed by atoms with Crippen LogP contribution in [0, 0.1) is 12.7 Å². The Morgan fingerprint density at radius 3 is 2.58 bits per heavy atom. The highest BCUT2D eigenvalue weighted by atomic mass is 19.1. The van der Waals surface area contributed by atoms with E-state index in [0.717, 1.165) is 16.8 Å². The molecular formula is C20H22FN5. The quantitative estimate of drug-likeness (QED) is 0.668. The van der Waals surface area contributed by atoms with Gasteiger partial charge in [0.1, 0.15) is 5.82 Å². The Labute approximate surface area is 152 Å². The first kappa shape index (κ1) is 17.8. The van der Waals surface area contributed by atoms with E-state index in [9.17, 15) is 4.39 Å². The molecule has 0 amide bonds. The molecule has 0 fully saturated rings. The molecule has 0 aliphatic heterocycles. The molecule has 0 saturated heterocycles. The van der Waals surface area contributed by atoms with Crippen LogP contribution in [-0.2, 0) is 6.54 Å². The number of anilines is 3. The molecule has 2 N–H and O–H groups in total. The van der Waals surface area contributed by atoms with Gasteiger partial charge in [-0.15, -0.1) is 5.10 Å². The van der Waals surface area contributed by atoms with E-state index in [1.165, 1.54) is 17.7 Å². The van der Waals surface area contributed by atoms with Gasteiger partial charge in [0, 0.05) is 12.2 Å². The van der Waals surface area contributed by atoms with Gasteiger partial charge in [0.2, 0.25) is 5.95 Å². The van der Waals surface area contributed by atoms with Crippen LogP contribution in [0.25, 0.3) is 0 Å². The lowest BCUT2D eigenvalue weighted by Gasteiger charge is -2.16. The first-order chi connectivity index (χ1) is 12.5. The van der Waals surface area contributed by atoms with Crippen molar-refractivity contribution in [1.82, 2.24) is 15.2 Å². The second kappa shape index (κ2) is 7.91. The van der Waals surface area contributed by atoms with Gasteiger partial charge < -0.3 is 10.6 Å². The van der Waals surface area contributed by atoms with Crippen LogP contribution >= 0.6 is 0 Å². The van der Waals surface area contributed by atoms with Crippen molar-refractivity contribution < 1.29 is 4.39 Å². The molecule has 0 spiro atoms. The molecule has 0 unspecified atom stereocenters. The van der Waals surface area contributed by atoms with Crippen LogP contribution in [0.1, 0.15) is 36.5 Å². The summed E-state index contributed by atoms with van der Waals surface area (Å²) in [6.45, 7) is 6.88. The Balaban J connectivity index is 1.75. The molecule has 0 aliphatic carbocycles. The largest absolute Gasteiger partial charge is 0.349 e. The molecule has 0 radical (unpaired) electrons. The molecule has 3 rings (SSSR count). The molecule has 0 atom stereocenters. The Kier molecular flexibility index (Phi) is 5.41. The molecule has 0 bridgehead atoms. The molecule has 0 saturated carbocycles. The molecule has 1 aromatic heterocycles. The Morgan fingerprint density at radius 2 is 1.85 bits per heavy atom. The summed E-state index contributed by atoms with van der Waals surface area (Å²) in [5, 5.41) is 14.5. The molecule has 1 heterocycles. The molecule has 5 nitrogen and oxygen atoms in total. The number of aromatic nitrogens is 3. The number of halogens is 1. The van der Waals surface area contributed by atoms with E-state index >= 15 is 0 Å². The maximum atomic E-state index is 13.0. The standard InChI is InChI=1S/C20H22FN5/c1-13(2)17-6-4-5-14(3)19(17)24-18-12-23-26-20(25-18)22-11-15-7-9-16(21)10-8-15/h4-10,12-13H,11H2,1-3H3,(H2,22,24,25,26). The van der Waals surface area contributed by atoms with Crippen LogP contribution in [0.4, 0.5) is 21.8 Å². The number of aryl methyl sites for hydroxylation is 1. The zero-order valence-electron chi connectivity index (χ0n) is 15.1. The monoisotopic (exact) mass is 351 g/mol. The molecular weight excluding hydrogens is 329 g/mol. The number of para-hydroxylation sites is 1. The van der Waals surface area contributed by atoms with Crippen LogP contribution in [0.5, 0.6) is 0 Å². The van der Waals surface area contributed by atoms with Gasteiger partial charge in [-0.3, -0.25) is 0 Å². The third kappa shape index (κ3) is 4.33. The summed E-state index contributed by atoms with van der Waals surface area (Å²) in [7, 11) is 0. The van der Waals surface area contributed by atoms with E-state index in [0.29, 0.717) is 24.2 Å². The second-order valence-electron chi connectivity index (χ2n) is 6.46. The SMILES string of the molecule is Cc1cccc(C(C)C)c1Nc1cnnc(NCc2ccc(F)cc2)n1. The minimum Gasteiger partial charge on any atom is -0.349 e. The van der Waals surface area contributed by atoms with E-state index in [1.807, 2.05) is 0 Å². The molecule has 0 aliphatic rings. The molecule has 2 aromatic carbocycles. The average molecular weight is 351 g/mol. The summed E-state index contributed by atoms with van der Waals surface area (Å²) in [4.78, 5) is 4.47. The maximum absolute atomic E-state index is 13.0. The average Bonchev–Trinajstić information content (AvgIpc) is 2.63. The van der Waals surface area contributed by atoms with Crippen molar-refractivity contribution in [2.24, 2.45) is 0 Å². The lowest BCUT2D eigenvalue weighted by molar-refractivity contribution is 0.627. The lowest BCUT2D eigenvalue weighted by atomic mass is 9.98. The van der Waals surface area contributed by atoms with Gasteiger partial charge >= 0.3 is 0 Å². The van der Waals surface area contributed by atoms with Crippen molar-refractivity contribution in [3.63, 3.8) is 0 Å². The lowest BCUT2D eigenvalue weighted by Crippen LogP contribution is -2.07. The predicted molar refractivity (Wildman–Crippen MR) is 102 cm³/mol. The van der Waals surface area contributed by atoms with Crippen molar-refractivity contribution in [2.75, 3.05) is 10.6 Å². The highest BCUT2D eigenvalue weighted by Gasteiger charge is 2.10. The van der Waals surface area contributed by atoms with Crippen molar-refractivity contribution in [1.29, 1.82) is 0 Å². The smallest absolute Gasteiger partial charge is 0.244 e.